The summed E-state index contributed by atoms with van der Waals surface area (Å²) in [7, 11) is 0. The molecule has 1 unspecified atom stereocenters. The van der Waals surface area contributed by atoms with Crippen LogP contribution in [0.5, 0.6) is 5.75 Å². The van der Waals surface area contributed by atoms with E-state index < -0.39 is 11.6 Å². The summed E-state index contributed by atoms with van der Waals surface area (Å²) in [6, 6.07) is 5.69. The van der Waals surface area contributed by atoms with Crippen LogP contribution in [0.25, 0.3) is 0 Å². The van der Waals surface area contributed by atoms with E-state index in [9.17, 15) is 14.0 Å². The number of likely N-dealkylation sites (tertiary alicyclic amines) is 1. The maximum absolute atomic E-state index is 13.2. The number of hydrogen-bond donors (Lipinski definition) is 2. The standard InChI is InChI=1S/C21H25FN4O3/c1-14-15(12-24-25-14)11-23-18(27)13-26-20(28)19(21(26)9-3-2-4-10-21)29-17-7-5-16(22)6-8-17/h5-8,12,19H,2-4,9-11,13H2,1H3,(H,23,27)(H,24,25). The molecule has 1 spiro atoms. The van der Waals surface area contributed by atoms with Crippen LogP contribution >= 0.6 is 0 Å². The molecule has 8 heteroatoms. The van der Waals surface area contributed by atoms with Crippen LogP contribution in [0.4, 0.5) is 4.39 Å². The van der Waals surface area contributed by atoms with Crippen LogP contribution in [0.15, 0.2) is 30.5 Å². The van der Waals surface area contributed by atoms with Crippen LogP contribution in [0, 0.1) is 12.7 Å². The van der Waals surface area contributed by atoms with Gasteiger partial charge in [0.05, 0.1) is 11.7 Å². The number of amides is 2. The maximum atomic E-state index is 13.2. The lowest BCUT2D eigenvalue weighted by molar-refractivity contribution is -0.187. The van der Waals surface area contributed by atoms with Gasteiger partial charge in [0.2, 0.25) is 5.91 Å². The summed E-state index contributed by atoms with van der Waals surface area (Å²) in [4.78, 5) is 27.0. The van der Waals surface area contributed by atoms with E-state index in [4.69, 9.17) is 4.74 Å². The number of aromatic nitrogens is 2. The Balaban J connectivity index is 1.43. The molecule has 2 amide bonds. The molecule has 2 fully saturated rings. The van der Waals surface area contributed by atoms with Gasteiger partial charge in [-0.1, -0.05) is 19.3 Å². The summed E-state index contributed by atoms with van der Waals surface area (Å²) in [5, 5.41) is 9.64. The molecule has 1 aromatic heterocycles. The van der Waals surface area contributed by atoms with Crippen LogP contribution in [-0.2, 0) is 16.1 Å². The Morgan fingerprint density at radius 2 is 2.03 bits per heavy atom. The van der Waals surface area contributed by atoms with Gasteiger partial charge in [-0.15, -0.1) is 0 Å². The van der Waals surface area contributed by atoms with E-state index in [0.717, 1.165) is 43.4 Å². The molecule has 0 bridgehead atoms. The van der Waals surface area contributed by atoms with Crippen molar-refractivity contribution in [3.63, 3.8) is 0 Å². The molecule has 2 N–H and O–H groups in total. The summed E-state index contributed by atoms with van der Waals surface area (Å²) >= 11 is 0. The number of carbonyl (C=O) groups is 2. The number of β-lactam (4-membered cyclic amide) rings is 1. The van der Waals surface area contributed by atoms with Crippen molar-refractivity contribution in [1.82, 2.24) is 20.4 Å². The van der Waals surface area contributed by atoms with Gasteiger partial charge in [-0.05, 0) is 44.0 Å². The second-order valence-electron chi connectivity index (χ2n) is 7.84. The number of benzene rings is 1. The minimum atomic E-state index is -0.628. The minimum Gasteiger partial charge on any atom is -0.478 e. The van der Waals surface area contributed by atoms with Crippen molar-refractivity contribution in [3.8, 4) is 5.75 Å². The van der Waals surface area contributed by atoms with Crippen molar-refractivity contribution in [2.24, 2.45) is 0 Å². The molecule has 154 valence electrons. The van der Waals surface area contributed by atoms with Crippen molar-refractivity contribution in [2.75, 3.05) is 6.54 Å². The average Bonchev–Trinajstić information content (AvgIpc) is 3.15. The first kappa shape index (κ1) is 19.4. The Kier molecular flexibility index (Phi) is 5.25. The lowest BCUT2D eigenvalue weighted by Crippen LogP contribution is -2.77. The normalized spacial score (nSPS) is 20.4. The topological polar surface area (TPSA) is 87.3 Å². The van der Waals surface area contributed by atoms with Gasteiger partial charge < -0.3 is 15.0 Å². The van der Waals surface area contributed by atoms with Crippen molar-refractivity contribution in [2.45, 2.75) is 57.2 Å². The van der Waals surface area contributed by atoms with E-state index in [1.54, 1.807) is 11.1 Å². The molecule has 2 aliphatic rings. The van der Waals surface area contributed by atoms with Gasteiger partial charge in [0.1, 0.15) is 18.1 Å². The van der Waals surface area contributed by atoms with E-state index in [1.807, 2.05) is 6.92 Å². The largest absolute Gasteiger partial charge is 0.478 e. The molecular formula is C21H25FN4O3. The van der Waals surface area contributed by atoms with E-state index in [0.29, 0.717) is 12.3 Å². The second-order valence-corrected chi connectivity index (χ2v) is 7.84. The number of H-pyrrole nitrogens is 1. The molecule has 2 heterocycles. The van der Waals surface area contributed by atoms with E-state index in [2.05, 4.69) is 15.5 Å². The third kappa shape index (κ3) is 3.71. The number of halogens is 1. The number of nitrogens with zero attached hydrogens (tertiary/aromatic N) is 2. The average molecular weight is 400 g/mol. The van der Waals surface area contributed by atoms with Crippen LogP contribution < -0.4 is 10.1 Å². The van der Waals surface area contributed by atoms with Gasteiger partial charge in [-0.3, -0.25) is 14.7 Å². The zero-order valence-electron chi connectivity index (χ0n) is 16.4. The fraction of sp³-hybridized carbons (Fsp3) is 0.476. The molecule has 29 heavy (non-hydrogen) atoms. The summed E-state index contributed by atoms with van der Waals surface area (Å²) in [6.45, 7) is 2.27. The molecule has 1 aliphatic carbocycles. The molecular weight excluding hydrogens is 375 g/mol. The van der Waals surface area contributed by atoms with Crippen molar-refractivity contribution < 1.29 is 18.7 Å². The van der Waals surface area contributed by atoms with E-state index in [-0.39, 0.29) is 24.2 Å². The van der Waals surface area contributed by atoms with Gasteiger partial charge in [-0.25, -0.2) is 4.39 Å². The van der Waals surface area contributed by atoms with Crippen molar-refractivity contribution in [1.29, 1.82) is 0 Å². The summed E-state index contributed by atoms with van der Waals surface area (Å²) in [5.74, 6) is -0.278. The van der Waals surface area contributed by atoms with Crippen molar-refractivity contribution in [3.05, 3.63) is 47.5 Å². The van der Waals surface area contributed by atoms with Gasteiger partial charge in [0, 0.05) is 17.8 Å². The molecule has 1 saturated carbocycles. The van der Waals surface area contributed by atoms with Crippen LogP contribution in [-0.4, -0.2) is 45.1 Å². The first-order chi connectivity index (χ1) is 14.0. The highest BCUT2D eigenvalue weighted by molar-refractivity contribution is 5.94. The van der Waals surface area contributed by atoms with E-state index >= 15 is 0 Å². The fourth-order valence-electron chi connectivity index (χ4n) is 4.35. The molecule has 2 aromatic rings. The summed E-state index contributed by atoms with van der Waals surface area (Å²) < 4.78 is 19.1. The Morgan fingerprint density at radius 3 is 2.69 bits per heavy atom. The monoisotopic (exact) mass is 400 g/mol. The third-order valence-electron chi connectivity index (χ3n) is 6.01. The molecule has 7 nitrogen and oxygen atoms in total. The maximum Gasteiger partial charge on any atom is 0.267 e. The number of rotatable bonds is 6. The Bertz CT molecular complexity index is 890. The Hall–Kier alpha value is -2.90. The highest BCUT2D eigenvalue weighted by atomic mass is 19.1. The number of ether oxygens (including phenoxy) is 1. The molecule has 1 aromatic carbocycles. The zero-order valence-corrected chi connectivity index (χ0v) is 16.4. The second kappa shape index (κ2) is 7.85. The molecule has 1 saturated heterocycles. The first-order valence-corrected chi connectivity index (χ1v) is 9.99. The van der Waals surface area contributed by atoms with Gasteiger partial charge >= 0.3 is 0 Å². The van der Waals surface area contributed by atoms with Crippen LogP contribution in [0.1, 0.15) is 43.4 Å². The Labute approximate surface area is 168 Å². The van der Waals surface area contributed by atoms with Gasteiger partial charge in [0.15, 0.2) is 6.10 Å². The number of aryl methyl sites for hydroxylation is 1. The SMILES string of the molecule is Cc1[nH]ncc1CNC(=O)CN1C(=O)C(Oc2ccc(F)cc2)C12CCCCC2. The third-order valence-corrected chi connectivity index (χ3v) is 6.01. The predicted octanol–water partition coefficient (Wildman–Crippen LogP) is 2.47. The summed E-state index contributed by atoms with van der Waals surface area (Å²) in [5.41, 5.74) is 1.35. The number of carbonyl (C=O) groups excluding carboxylic acids is 2. The van der Waals surface area contributed by atoms with Crippen molar-refractivity contribution >= 4 is 11.8 Å². The highest BCUT2D eigenvalue weighted by Crippen LogP contribution is 2.45. The number of aromatic amines is 1. The minimum absolute atomic E-state index is 0.0129. The number of nitrogens with one attached hydrogen (secondary N) is 2. The van der Waals surface area contributed by atoms with E-state index in [1.165, 1.54) is 24.3 Å². The van der Waals surface area contributed by atoms with Crippen LogP contribution in [0.2, 0.25) is 0 Å². The molecule has 1 atom stereocenters. The lowest BCUT2D eigenvalue weighted by atomic mass is 9.70. The summed E-state index contributed by atoms with van der Waals surface area (Å²) in [6.07, 6.45) is 5.75. The van der Waals surface area contributed by atoms with Gasteiger partial charge in [-0.2, -0.15) is 5.10 Å². The first-order valence-electron chi connectivity index (χ1n) is 9.99. The molecule has 4 rings (SSSR count). The smallest absolute Gasteiger partial charge is 0.267 e. The Morgan fingerprint density at radius 1 is 1.31 bits per heavy atom. The number of hydrogen-bond acceptors (Lipinski definition) is 4. The molecule has 1 aliphatic heterocycles. The predicted molar refractivity (Wildman–Crippen MR) is 104 cm³/mol. The quantitative estimate of drug-likeness (QED) is 0.730. The van der Waals surface area contributed by atoms with Crippen LogP contribution in [0.3, 0.4) is 0 Å². The fourth-order valence-corrected chi connectivity index (χ4v) is 4.35. The lowest BCUT2D eigenvalue weighted by Gasteiger charge is -2.58. The molecule has 0 radical (unpaired) electrons. The zero-order chi connectivity index (χ0) is 20.4. The van der Waals surface area contributed by atoms with Gasteiger partial charge in [0.25, 0.3) is 5.91 Å². The highest BCUT2D eigenvalue weighted by Gasteiger charge is 2.62.